The van der Waals surface area contributed by atoms with Gasteiger partial charge in [0.15, 0.2) is 0 Å². The van der Waals surface area contributed by atoms with Crippen LogP contribution in [-0.4, -0.2) is 33.2 Å². The van der Waals surface area contributed by atoms with Crippen molar-refractivity contribution < 1.29 is 5.11 Å². The molecular weight excluding hydrogens is 260 g/mol. The molecule has 1 heterocycles. The van der Waals surface area contributed by atoms with Crippen molar-refractivity contribution >= 4 is 23.5 Å². The Morgan fingerprint density at radius 3 is 2.50 bits per heavy atom. The van der Waals surface area contributed by atoms with Gasteiger partial charge in [-0.05, 0) is 18.8 Å². The first kappa shape index (κ1) is 16.7. The smallest absolute Gasteiger partial charge is 0.0672 e. The van der Waals surface area contributed by atoms with E-state index in [2.05, 4.69) is 32.5 Å². The number of hydrogen-bond acceptors (Lipinski definition) is 3. The number of aliphatic hydroxyl groups excluding tert-OH is 1. The molecule has 0 amide bonds. The fourth-order valence-electron chi connectivity index (χ4n) is 2.75. The molecule has 1 rings (SSSR count). The van der Waals surface area contributed by atoms with Crippen LogP contribution in [0.15, 0.2) is 0 Å². The van der Waals surface area contributed by atoms with Crippen LogP contribution in [0.5, 0.6) is 0 Å². The van der Waals surface area contributed by atoms with Crippen LogP contribution in [0.3, 0.4) is 0 Å². The third-order valence-electron chi connectivity index (χ3n) is 3.99. The quantitative estimate of drug-likeness (QED) is 0.706. The van der Waals surface area contributed by atoms with Crippen LogP contribution in [0.25, 0.3) is 0 Å². The molecule has 1 aliphatic rings. The summed E-state index contributed by atoms with van der Waals surface area (Å²) in [5.41, 5.74) is 0. The zero-order chi connectivity index (χ0) is 13.4. The minimum atomic E-state index is -0.0884. The first-order chi connectivity index (χ1) is 8.72. The molecule has 18 heavy (non-hydrogen) atoms. The number of aliphatic hydroxyl groups is 1. The lowest BCUT2D eigenvalue weighted by Gasteiger charge is -2.34. The molecule has 3 heteroatoms. The Morgan fingerprint density at radius 1 is 1.17 bits per heavy atom. The van der Waals surface area contributed by atoms with Crippen molar-refractivity contribution in [2.75, 3.05) is 11.5 Å². The molecule has 0 aromatic heterocycles. The highest BCUT2D eigenvalue weighted by Crippen LogP contribution is 2.37. The number of thioether (sulfide) groups is 2. The highest BCUT2D eigenvalue weighted by atomic mass is 32.2. The topological polar surface area (TPSA) is 20.2 Å². The summed E-state index contributed by atoms with van der Waals surface area (Å²) < 4.78 is 0. The fraction of sp³-hybridized carbons (Fsp3) is 1.00. The predicted molar refractivity (Wildman–Crippen MR) is 86.7 cm³/mol. The molecule has 1 aliphatic heterocycles. The maximum Gasteiger partial charge on any atom is 0.0672 e. The van der Waals surface area contributed by atoms with E-state index >= 15 is 0 Å². The minimum Gasteiger partial charge on any atom is -0.392 e. The van der Waals surface area contributed by atoms with Gasteiger partial charge in [-0.3, -0.25) is 0 Å². The molecule has 4 unspecified atom stereocenters. The van der Waals surface area contributed by atoms with Gasteiger partial charge in [-0.2, -0.15) is 23.5 Å². The van der Waals surface area contributed by atoms with E-state index in [0.717, 1.165) is 12.3 Å². The van der Waals surface area contributed by atoms with Crippen molar-refractivity contribution in [1.29, 1.82) is 0 Å². The molecule has 0 radical (unpaired) electrons. The van der Waals surface area contributed by atoms with Gasteiger partial charge in [0.1, 0.15) is 0 Å². The van der Waals surface area contributed by atoms with Crippen LogP contribution in [0.1, 0.15) is 59.3 Å². The molecule has 4 atom stereocenters. The molecule has 0 saturated carbocycles. The summed E-state index contributed by atoms with van der Waals surface area (Å²) >= 11 is 4.08. The molecule has 1 N–H and O–H groups in total. The van der Waals surface area contributed by atoms with Crippen LogP contribution in [0.4, 0.5) is 0 Å². The SMILES string of the molecule is CCCCC(CC)CC(O)C1SCCSC1CC. The first-order valence-corrected chi connectivity index (χ1v) is 9.73. The Kier molecular flexibility index (Phi) is 8.86. The number of unbranched alkanes of at least 4 members (excludes halogenated alkanes) is 1. The monoisotopic (exact) mass is 290 g/mol. The number of rotatable bonds is 8. The normalized spacial score (nSPS) is 28.0. The lowest BCUT2D eigenvalue weighted by Crippen LogP contribution is -2.37. The van der Waals surface area contributed by atoms with Crippen molar-refractivity contribution in [3.63, 3.8) is 0 Å². The lowest BCUT2D eigenvalue weighted by atomic mass is 9.91. The zero-order valence-corrected chi connectivity index (χ0v) is 13.9. The second-order valence-electron chi connectivity index (χ2n) is 5.37. The largest absolute Gasteiger partial charge is 0.392 e. The van der Waals surface area contributed by atoms with Crippen molar-refractivity contribution in [2.45, 2.75) is 75.9 Å². The molecule has 0 aliphatic carbocycles. The van der Waals surface area contributed by atoms with Crippen LogP contribution >= 0.6 is 23.5 Å². The second-order valence-corrected chi connectivity index (χ2v) is 8.01. The highest BCUT2D eigenvalue weighted by molar-refractivity contribution is 8.07. The minimum absolute atomic E-state index is 0.0884. The van der Waals surface area contributed by atoms with Crippen LogP contribution in [0, 0.1) is 5.92 Å². The van der Waals surface area contributed by atoms with Gasteiger partial charge >= 0.3 is 0 Å². The summed E-state index contributed by atoms with van der Waals surface area (Å²) in [5, 5.41) is 11.7. The summed E-state index contributed by atoms with van der Waals surface area (Å²) in [6.07, 6.45) is 7.24. The van der Waals surface area contributed by atoms with E-state index < -0.39 is 0 Å². The van der Waals surface area contributed by atoms with Crippen molar-refractivity contribution in [2.24, 2.45) is 5.92 Å². The third-order valence-corrected chi connectivity index (χ3v) is 7.38. The Labute approximate surface area is 122 Å². The van der Waals surface area contributed by atoms with E-state index in [1.807, 2.05) is 11.8 Å². The van der Waals surface area contributed by atoms with E-state index in [-0.39, 0.29) is 6.10 Å². The van der Waals surface area contributed by atoms with E-state index in [1.165, 1.54) is 43.6 Å². The summed E-state index contributed by atoms with van der Waals surface area (Å²) in [4.78, 5) is 0. The molecule has 0 aromatic rings. The second kappa shape index (κ2) is 9.55. The third kappa shape index (κ3) is 5.34. The molecular formula is C15H30OS2. The standard InChI is InChI=1S/C15H30OS2/c1-4-7-8-12(5-2)11-13(16)15-14(6-3)17-9-10-18-15/h12-16H,4-11H2,1-3H3. The van der Waals surface area contributed by atoms with Crippen LogP contribution in [-0.2, 0) is 0 Å². The number of hydrogen-bond donors (Lipinski definition) is 1. The average Bonchev–Trinajstić information content (AvgIpc) is 2.43. The van der Waals surface area contributed by atoms with Gasteiger partial charge in [-0.25, -0.2) is 0 Å². The Morgan fingerprint density at radius 2 is 1.89 bits per heavy atom. The fourth-order valence-corrected chi connectivity index (χ4v) is 5.92. The van der Waals surface area contributed by atoms with Gasteiger partial charge < -0.3 is 5.11 Å². The van der Waals surface area contributed by atoms with Crippen molar-refractivity contribution in [3.8, 4) is 0 Å². The molecule has 1 fully saturated rings. The first-order valence-electron chi connectivity index (χ1n) is 7.64. The molecule has 108 valence electrons. The van der Waals surface area contributed by atoms with E-state index in [1.54, 1.807) is 0 Å². The molecule has 1 saturated heterocycles. The molecule has 1 nitrogen and oxygen atoms in total. The maximum atomic E-state index is 10.5. The lowest BCUT2D eigenvalue weighted by molar-refractivity contribution is 0.133. The van der Waals surface area contributed by atoms with Crippen LogP contribution < -0.4 is 0 Å². The van der Waals surface area contributed by atoms with Gasteiger partial charge in [0.2, 0.25) is 0 Å². The summed E-state index contributed by atoms with van der Waals surface area (Å²) in [5.74, 6) is 3.21. The molecule has 0 bridgehead atoms. The highest BCUT2D eigenvalue weighted by Gasteiger charge is 2.31. The zero-order valence-electron chi connectivity index (χ0n) is 12.2. The van der Waals surface area contributed by atoms with Gasteiger partial charge in [0.05, 0.1) is 6.10 Å². The Bertz CT molecular complexity index is 211. The molecule has 0 spiro atoms. The van der Waals surface area contributed by atoms with E-state index in [9.17, 15) is 5.11 Å². The van der Waals surface area contributed by atoms with E-state index in [0.29, 0.717) is 10.5 Å². The Balaban J connectivity index is 2.42. The molecule has 0 aromatic carbocycles. The maximum absolute atomic E-state index is 10.5. The summed E-state index contributed by atoms with van der Waals surface area (Å²) in [6.45, 7) is 6.79. The predicted octanol–water partition coefficient (Wildman–Crippen LogP) is 4.58. The van der Waals surface area contributed by atoms with Gasteiger partial charge in [0, 0.05) is 22.0 Å². The van der Waals surface area contributed by atoms with Crippen LogP contribution in [0.2, 0.25) is 0 Å². The average molecular weight is 291 g/mol. The summed E-state index contributed by atoms with van der Waals surface area (Å²) in [7, 11) is 0. The Hall–Kier alpha value is 0.660. The van der Waals surface area contributed by atoms with Gasteiger partial charge in [-0.1, -0.05) is 46.5 Å². The van der Waals surface area contributed by atoms with E-state index in [4.69, 9.17) is 0 Å². The van der Waals surface area contributed by atoms with Crippen molar-refractivity contribution in [1.82, 2.24) is 0 Å². The van der Waals surface area contributed by atoms with Gasteiger partial charge in [-0.15, -0.1) is 0 Å². The summed E-state index contributed by atoms with van der Waals surface area (Å²) in [6, 6.07) is 0. The van der Waals surface area contributed by atoms with Gasteiger partial charge in [0.25, 0.3) is 0 Å². The van der Waals surface area contributed by atoms with Crippen molar-refractivity contribution in [3.05, 3.63) is 0 Å².